The molecule has 0 aliphatic heterocycles. The molecule has 14 heavy (non-hydrogen) atoms. The Balaban J connectivity index is 1.86. The van der Waals surface area contributed by atoms with Crippen molar-refractivity contribution in [2.45, 2.75) is 19.3 Å². The lowest BCUT2D eigenvalue weighted by atomic mass is 9.68. The highest BCUT2D eigenvalue weighted by molar-refractivity contribution is 5.28. The maximum atomic E-state index is 2.44. The summed E-state index contributed by atoms with van der Waals surface area (Å²) >= 11 is 0. The highest BCUT2D eigenvalue weighted by Gasteiger charge is 2.30. The fraction of sp³-hybridized carbons (Fsp3) is 0.429. The quantitative estimate of drug-likeness (QED) is 0.504. The second-order valence-corrected chi connectivity index (χ2v) is 4.59. The number of hydrogen-bond acceptors (Lipinski definition) is 0. The van der Waals surface area contributed by atoms with Crippen LogP contribution in [0, 0.1) is 17.8 Å². The molecule has 3 aliphatic carbocycles. The number of hydrogen-bond donors (Lipinski definition) is 0. The van der Waals surface area contributed by atoms with Gasteiger partial charge in [-0.2, -0.15) is 0 Å². The standard InChI is InChI=1S/C14H16/c1-2-6-12-10-14-8-4-3-7-13(14)9-11(12)5-1/h1-3,5-8,11-13H,4,9-10H2. The van der Waals surface area contributed by atoms with E-state index in [1.807, 2.05) is 0 Å². The second kappa shape index (κ2) is 3.27. The molecule has 0 heterocycles. The van der Waals surface area contributed by atoms with Crippen LogP contribution >= 0.6 is 0 Å². The van der Waals surface area contributed by atoms with Gasteiger partial charge in [0.25, 0.3) is 0 Å². The minimum absolute atomic E-state index is 0.751. The van der Waals surface area contributed by atoms with Gasteiger partial charge >= 0.3 is 0 Å². The predicted octanol–water partition coefficient (Wildman–Crippen LogP) is 3.64. The van der Waals surface area contributed by atoms with E-state index in [-0.39, 0.29) is 0 Å². The SMILES string of the molecule is C1=CC2CC3=CCC=CC3CC2C=C1. The predicted molar refractivity (Wildman–Crippen MR) is 59.8 cm³/mol. The third-order valence-corrected chi connectivity index (χ3v) is 3.74. The van der Waals surface area contributed by atoms with Gasteiger partial charge in [-0.3, -0.25) is 0 Å². The molecule has 0 amide bonds. The molecule has 1 saturated carbocycles. The topological polar surface area (TPSA) is 0 Å². The summed E-state index contributed by atoms with van der Waals surface area (Å²) in [4.78, 5) is 0. The Hall–Kier alpha value is -1.04. The summed E-state index contributed by atoms with van der Waals surface area (Å²) in [7, 11) is 0. The van der Waals surface area contributed by atoms with Crippen molar-refractivity contribution in [1.82, 2.24) is 0 Å². The molecule has 3 unspecified atom stereocenters. The summed E-state index contributed by atoms with van der Waals surface area (Å²) in [6.45, 7) is 0. The van der Waals surface area contributed by atoms with Crippen molar-refractivity contribution in [2.24, 2.45) is 17.8 Å². The molecular weight excluding hydrogens is 168 g/mol. The lowest BCUT2D eigenvalue weighted by molar-refractivity contribution is 0.347. The van der Waals surface area contributed by atoms with Crippen molar-refractivity contribution in [3.05, 3.63) is 48.1 Å². The summed E-state index contributed by atoms with van der Waals surface area (Å²) < 4.78 is 0. The van der Waals surface area contributed by atoms with Crippen LogP contribution in [0.15, 0.2) is 48.1 Å². The molecule has 0 aromatic carbocycles. The largest absolute Gasteiger partial charge is 0.0841 e. The van der Waals surface area contributed by atoms with Gasteiger partial charge in [0.1, 0.15) is 0 Å². The first kappa shape index (κ1) is 8.28. The van der Waals surface area contributed by atoms with Crippen LogP contribution in [0.3, 0.4) is 0 Å². The molecule has 3 atom stereocenters. The minimum atomic E-state index is 0.751. The summed E-state index contributed by atoms with van der Waals surface area (Å²) in [5.41, 5.74) is 1.69. The Bertz CT molecular complexity index is 341. The maximum absolute atomic E-state index is 2.44. The third kappa shape index (κ3) is 1.30. The Kier molecular flexibility index (Phi) is 1.93. The van der Waals surface area contributed by atoms with E-state index in [2.05, 4.69) is 42.5 Å². The van der Waals surface area contributed by atoms with Gasteiger partial charge in [-0.25, -0.2) is 0 Å². The van der Waals surface area contributed by atoms with Gasteiger partial charge in [0.2, 0.25) is 0 Å². The van der Waals surface area contributed by atoms with E-state index in [1.165, 1.54) is 12.8 Å². The van der Waals surface area contributed by atoms with Crippen LogP contribution in [0.25, 0.3) is 0 Å². The number of rotatable bonds is 0. The first-order valence-electron chi connectivity index (χ1n) is 5.64. The zero-order valence-corrected chi connectivity index (χ0v) is 8.39. The summed E-state index contributed by atoms with van der Waals surface area (Å²) in [6.07, 6.45) is 20.1. The van der Waals surface area contributed by atoms with Gasteiger partial charge in [0.15, 0.2) is 0 Å². The van der Waals surface area contributed by atoms with E-state index in [9.17, 15) is 0 Å². The summed E-state index contributed by atoms with van der Waals surface area (Å²) in [6, 6.07) is 0. The van der Waals surface area contributed by atoms with E-state index in [1.54, 1.807) is 5.57 Å². The van der Waals surface area contributed by atoms with E-state index >= 15 is 0 Å². The van der Waals surface area contributed by atoms with E-state index in [4.69, 9.17) is 0 Å². The second-order valence-electron chi connectivity index (χ2n) is 4.59. The molecule has 0 saturated heterocycles. The smallest absolute Gasteiger partial charge is 0.00170 e. The fourth-order valence-corrected chi connectivity index (χ4v) is 2.94. The molecule has 0 bridgehead atoms. The van der Waals surface area contributed by atoms with E-state index in [0.29, 0.717) is 0 Å². The molecule has 0 spiro atoms. The minimum Gasteiger partial charge on any atom is -0.0841 e. The van der Waals surface area contributed by atoms with Crippen LogP contribution in [-0.2, 0) is 0 Å². The molecule has 72 valence electrons. The average Bonchev–Trinajstić information content (AvgIpc) is 2.26. The molecule has 1 fully saturated rings. The van der Waals surface area contributed by atoms with Crippen LogP contribution < -0.4 is 0 Å². The average molecular weight is 184 g/mol. The van der Waals surface area contributed by atoms with Crippen molar-refractivity contribution >= 4 is 0 Å². The molecule has 0 aromatic heterocycles. The van der Waals surface area contributed by atoms with Crippen LogP contribution in [0.5, 0.6) is 0 Å². The molecule has 0 N–H and O–H groups in total. The van der Waals surface area contributed by atoms with Gasteiger partial charge in [0, 0.05) is 0 Å². The van der Waals surface area contributed by atoms with Crippen LogP contribution in [0.1, 0.15) is 19.3 Å². The monoisotopic (exact) mass is 184 g/mol. The van der Waals surface area contributed by atoms with Gasteiger partial charge in [-0.15, -0.1) is 0 Å². The van der Waals surface area contributed by atoms with Gasteiger partial charge in [-0.1, -0.05) is 48.1 Å². The zero-order valence-electron chi connectivity index (χ0n) is 8.39. The summed E-state index contributed by atoms with van der Waals surface area (Å²) in [5.74, 6) is 2.33. The first-order chi connectivity index (χ1) is 6.93. The summed E-state index contributed by atoms with van der Waals surface area (Å²) in [5, 5.41) is 0. The highest BCUT2D eigenvalue weighted by atomic mass is 14.3. The van der Waals surface area contributed by atoms with Crippen molar-refractivity contribution in [3.63, 3.8) is 0 Å². The molecule has 3 rings (SSSR count). The van der Waals surface area contributed by atoms with Gasteiger partial charge in [-0.05, 0) is 37.0 Å². The van der Waals surface area contributed by atoms with E-state index < -0.39 is 0 Å². The van der Waals surface area contributed by atoms with Crippen molar-refractivity contribution in [2.75, 3.05) is 0 Å². The number of allylic oxidation sites excluding steroid dienone is 8. The van der Waals surface area contributed by atoms with Crippen LogP contribution in [0.4, 0.5) is 0 Å². The Morgan fingerprint density at radius 3 is 2.79 bits per heavy atom. The molecule has 0 aromatic rings. The van der Waals surface area contributed by atoms with Crippen molar-refractivity contribution in [3.8, 4) is 0 Å². The number of fused-ring (bicyclic) bond motifs is 2. The first-order valence-corrected chi connectivity index (χ1v) is 5.64. The molecular formula is C14H16. The molecule has 0 nitrogen and oxygen atoms in total. The zero-order chi connectivity index (χ0) is 9.38. The molecule has 0 heteroatoms. The van der Waals surface area contributed by atoms with Crippen molar-refractivity contribution in [1.29, 1.82) is 0 Å². The maximum Gasteiger partial charge on any atom is -0.00170 e. The van der Waals surface area contributed by atoms with Gasteiger partial charge < -0.3 is 0 Å². The normalized spacial score (nSPS) is 38.9. The molecule has 0 radical (unpaired) electrons. The lowest BCUT2D eigenvalue weighted by Gasteiger charge is -2.36. The Morgan fingerprint density at radius 1 is 1.00 bits per heavy atom. The van der Waals surface area contributed by atoms with Crippen molar-refractivity contribution < 1.29 is 0 Å². The fourth-order valence-electron chi connectivity index (χ4n) is 2.94. The van der Waals surface area contributed by atoms with E-state index in [0.717, 1.165) is 24.2 Å². The van der Waals surface area contributed by atoms with Crippen LogP contribution in [0.2, 0.25) is 0 Å². The highest BCUT2D eigenvalue weighted by Crippen LogP contribution is 2.42. The Morgan fingerprint density at radius 2 is 1.86 bits per heavy atom. The van der Waals surface area contributed by atoms with Crippen LogP contribution in [-0.4, -0.2) is 0 Å². The third-order valence-electron chi connectivity index (χ3n) is 3.74. The lowest BCUT2D eigenvalue weighted by Crippen LogP contribution is -2.25. The molecule has 3 aliphatic rings. The Labute approximate surface area is 85.7 Å². The van der Waals surface area contributed by atoms with Gasteiger partial charge in [0.05, 0.1) is 0 Å².